The van der Waals surface area contributed by atoms with E-state index in [2.05, 4.69) is 6.92 Å². The molecular formula is C8H14O2. The molecule has 58 valence electrons. The fourth-order valence-corrected chi connectivity index (χ4v) is 1.50. The van der Waals surface area contributed by atoms with E-state index in [1.165, 1.54) is 0 Å². The maximum Gasteiger partial charge on any atom is 0.138 e. The van der Waals surface area contributed by atoms with E-state index >= 15 is 0 Å². The molecule has 0 spiro atoms. The molecule has 1 rings (SSSR count). The molecule has 2 nitrogen and oxygen atoms in total. The van der Waals surface area contributed by atoms with Crippen molar-refractivity contribution in [2.24, 2.45) is 11.8 Å². The van der Waals surface area contributed by atoms with E-state index in [1.807, 2.05) is 0 Å². The lowest BCUT2D eigenvalue weighted by molar-refractivity contribution is -0.126. The molecule has 1 N–H and O–H groups in total. The minimum Gasteiger partial charge on any atom is -0.396 e. The van der Waals surface area contributed by atoms with Crippen LogP contribution in [0, 0.1) is 11.8 Å². The molecule has 1 saturated carbocycles. The van der Waals surface area contributed by atoms with Crippen molar-refractivity contribution in [3.63, 3.8) is 0 Å². The highest BCUT2D eigenvalue weighted by Crippen LogP contribution is 2.25. The predicted molar refractivity (Wildman–Crippen MR) is 38.6 cm³/mol. The molecule has 1 unspecified atom stereocenters. The molecule has 0 aliphatic heterocycles. The number of ketones is 1. The normalized spacial score (nSPS) is 34.4. The van der Waals surface area contributed by atoms with Crippen LogP contribution < -0.4 is 0 Å². The fourth-order valence-electron chi connectivity index (χ4n) is 1.50. The largest absolute Gasteiger partial charge is 0.396 e. The van der Waals surface area contributed by atoms with Crippen molar-refractivity contribution in [2.45, 2.75) is 26.2 Å². The summed E-state index contributed by atoms with van der Waals surface area (Å²) in [6, 6.07) is 0. The molecule has 0 aromatic heterocycles. The molecule has 1 aliphatic carbocycles. The fraction of sp³-hybridized carbons (Fsp3) is 0.875. The molecule has 0 amide bonds. The minimum absolute atomic E-state index is 0.0448. The summed E-state index contributed by atoms with van der Waals surface area (Å²) in [6.07, 6.45) is 2.57. The van der Waals surface area contributed by atoms with Crippen LogP contribution in [0.15, 0.2) is 0 Å². The van der Waals surface area contributed by atoms with Gasteiger partial charge in [-0.2, -0.15) is 0 Å². The molecule has 2 heteroatoms. The second-order valence-electron chi connectivity index (χ2n) is 3.23. The summed E-state index contributed by atoms with van der Waals surface area (Å²) in [5, 5.41) is 8.76. The zero-order valence-corrected chi connectivity index (χ0v) is 6.34. The van der Waals surface area contributed by atoms with E-state index in [9.17, 15) is 4.79 Å². The lowest BCUT2D eigenvalue weighted by atomic mass is 9.82. The smallest absolute Gasteiger partial charge is 0.138 e. The van der Waals surface area contributed by atoms with E-state index in [0.29, 0.717) is 12.3 Å². The Balaban J connectivity index is 2.45. The SMILES string of the molecule is CC1CCC(=O)[C@H](CO)C1. The van der Waals surface area contributed by atoms with Crippen LogP contribution in [0.1, 0.15) is 26.2 Å². The van der Waals surface area contributed by atoms with Gasteiger partial charge in [0.05, 0.1) is 6.61 Å². The van der Waals surface area contributed by atoms with Gasteiger partial charge in [0, 0.05) is 12.3 Å². The highest BCUT2D eigenvalue weighted by molar-refractivity contribution is 5.81. The van der Waals surface area contributed by atoms with Crippen LogP contribution in [0.2, 0.25) is 0 Å². The zero-order valence-electron chi connectivity index (χ0n) is 6.34. The second kappa shape index (κ2) is 3.15. The predicted octanol–water partition coefficient (Wildman–Crippen LogP) is 0.984. The Kier molecular flexibility index (Phi) is 2.44. The maximum absolute atomic E-state index is 11.0. The summed E-state index contributed by atoms with van der Waals surface area (Å²) in [4.78, 5) is 11.0. The first-order valence-corrected chi connectivity index (χ1v) is 3.87. The lowest BCUT2D eigenvalue weighted by Gasteiger charge is -2.23. The molecule has 0 heterocycles. The van der Waals surface area contributed by atoms with E-state index in [0.717, 1.165) is 12.8 Å². The van der Waals surface area contributed by atoms with Gasteiger partial charge in [0.2, 0.25) is 0 Å². The van der Waals surface area contributed by atoms with Crippen molar-refractivity contribution >= 4 is 5.78 Å². The molecule has 0 bridgehead atoms. The van der Waals surface area contributed by atoms with Crippen LogP contribution in [0.25, 0.3) is 0 Å². The third-order valence-corrected chi connectivity index (χ3v) is 2.25. The topological polar surface area (TPSA) is 37.3 Å². The Labute approximate surface area is 61.2 Å². The number of rotatable bonds is 1. The second-order valence-corrected chi connectivity index (χ2v) is 3.23. The zero-order chi connectivity index (χ0) is 7.56. The molecule has 0 aromatic carbocycles. The highest BCUT2D eigenvalue weighted by Gasteiger charge is 2.25. The average molecular weight is 142 g/mol. The van der Waals surface area contributed by atoms with Crippen LogP contribution in [0.3, 0.4) is 0 Å². The number of hydrogen-bond donors (Lipinski definition) is 1. The van der Waals surface area contributed by atoms with Crippen LogP contribution in [-0.2, 0) is 4.79 Å². The quantitative estimate of drug-likeness (QED) is 0.592. The summed E-state index contributed by atoms with van der Waals surface area (Å²) in [6.45, 7) is 2.18. The number of hydrogen-bond acceptors (Lipinski definition) is 2. The number of aliphatic hydroxyl groups excluding tert-OH is 1. The summed E-state index contributed by atoms with van der Waals surface area (Å²) in [7, 11) is 0. The van der Waals surface area contributed by atoms with Crippen molar-refractivity contribution in [1.82, 2.24) is 0 Å². The Morgan fingerprint density at radius 1 is 1.70 bits per heavy atom. The van der Waals surface area contributed by atoms with Crippen molar-refractivity contribution in [3.8, 4) is 0 Å². The molecule has 1 aliphatic rings. The van der Waals surface area contributed by atoms with Gasteiger partial charge in [-0.1, -0.05) is 6.92 Å². The van der Waals surface area contributed by atoms with Crippen LogP contribution in [0.5, 0.6) is 0 Å². The summed E-state index contributed by atoms with van der Waals surface area (Å²) in [5.74, 6) is 0.819. The van der Waals surface area contributed by atoms with Gasteiger partial charge in [-0.05, 0) is 18.8 Å². The van der Waals surface area contributed by atoms with Gasteiger partial charge in [-0.25, -0.2) is 0 Å². The van der Waals surface area contributed by atoms with Gasteiger partial charge in [0.25, 0.3) is 0 Å². The molecule has 0 aromatic rings. The molecular weight excluding hydrogens is 128 g/mol. The molecule has 0 saturated heterocycles. The van der Waals surface area contributed by atoms with Crippen LogP contribution in [0.4, 0.5) is 0 Å². The van der Waals surface area contributed by atoms with E-state index in [-0.39, 0.29) is 18.3 Å². The van der Waals surface area contributed by atoms with Gasteiger partial charge in [-0.15, -0.1) is 0 Å². The van der Waals surface area contributed by atoms with Crippen LogP contribution >= 0.6 is 0 Å². The molecule has 2 atom stereocenters. The Morgan fingerprint density at radius 3 is 2.90 bits per heavy atom. The average Bonchev–Trinajstić information content (AvgIpc) is 1.94. The Bertz CT molecular complexity index is 131. The standard InChI is InChI=1S/C8H14O2/c1-6-2-3-8(10)7(4-6)5-9/h6-7,9H,2-5H2,1H3/t6?,7-/m0/s1. The van der Waals surface area contributed by atoms with Crippen molar-refractivity contribution in [2.75, 3.05) is 6.61 Å². The summed E-state index contributed by atoms with van der Waals surface area (Å²) >= 11 is 0. The number of carbonyl (C=O) groups excluding carboxylic acids is 1. The van der Waals surface area contributed by atoms with Gasteiger partial charge in [0.15, 0.2) is 0 Å². The molecule has 10 heavy (non-hydrogen) atoms. The highest BCUT2D eigenvalue weighted by atomic mass is 16.3. The summed E-state index contributed by atoms with van der Waals surface area (Å²) in [5.41, 5.74) is 0. The van der Waals surface area contributed by atoms with E-state index in [4.69, 9.17) is 5.11 Å². The third kappa shape index (κ3) is 1.57. The number of Topliss-reactive ketones (excluding diaryl/α,β-unsaturated/α-hetero) is 1. The molecule has 0 radical (unpaired) electrons. The van der Waals surface area contributed by atoms with Crippen molar-refractivity contribution < 1.29 is 9.90 Å². The minimum atomic E-state index is -0.0521. The van der Waals surface area contributed by atoms with Crippen molar-refractivity contribution in [1.29, 1.82) is 0 Å². The van der Waals surface area contributed by atoms with Crippen molar-refractivity contribution in [3.05, 3.63) is 0 Å². The maximum atomic E-state index is 11.0. The third-order valence-electron chi connectivity index (χ3n) is 2.25. The first-order chi connectivity index (χ1) is 4.74. The first-order valence-electron chi connectivity index (χ1n) is 3.87. The van der Waals surface area contributed by atoms with E-state index < -0.39 is 0 Å². The number of carbonyl (C=O) groups is 1. The Morgan fingerprint density at radius 2 is 2.40 bits per heavy atom. The van der Waals surface area contributed by atoms with Gasteiger partial charge < -0.3 is 5.11 Å². The number of aliphatic hydroxyl groups is 1. The van der Waals surface area contributed by atoms with Gasteiger partial charge in [-0.3, -0.25) is 4.79 Å². The first kappa shape index (κ1) is 7.73. The Hall–Kier alpha value is -0.370. The van der Waals surface area contributed by atoms with E-state index in [1.54, 1.807) is 0 Å². The van der Waals surface area contributed by atoms with Gasteiger partial charge in [0.1, 0.15) is 5.78 Å². The van der Waals surface area contributed by atoms with Crippen LogP contribution in [-0.4, -0.2) is 17.5 Å². The van der Waals surface area contributed by atoms with Gasteiger partial charge >= 0.3 is 0 Å². The monoisotopic (exact) mass is 142 g/mol. The molecule has 1 fully saturated rings. The lowest BCUT2D eigenvalue weighted by Crippen LogP contribution is -2.26. The summed E-state index contributed by atoms with van der Waals surface area (Å²) < 4.78 is 0.